The maximum absolute atomic E-state index is 12.8. The number of nitrogens with one attached hydrogen (secondary N) is 1. The van der Waals surface area contributed by atoms with E-state index in [2.05, 4.69) is 5.32 Å². The van der Waals surface area contributed by atoms with Crippen molar-refractivity contribution >= 4 is 23.7 Å². The molecule has 0 aromatic heterocycles. The molecule has 3 rings (SSSR count). The number of Topliss-reactive ketones (excluding diaryl/α,β-unsaturated/α-hetero) is 1. The molecule has 1 atom stereocenters. The van der Waals surface area contributed by atoms with Gasteiger partial charge in [0.1, 0.15) is 12.1 Å². The van der Waals surface area contributed by atoms with Crippen LogP contribution >= 0.6 is 0 Å². The fourth-order valence-electron chi connectivity index (χ4n) is 3.14. The van der Waals surface area contributed by atoms with Crippen molar-refractivity contribution in [2.45, 2.75) is 25.8 Å². The van der Waals surface area contributed by atoms with Crippen molar-refractivity contribution in [1.82, 2.24) is 10.2 Å². The fraction of sp³-hybridized carbons (Fsp3) is 0.273. The van der Waals surface area contributed by atoms with Crippen molar-refractivity contribution in [3.63, 3.8) is 0 Å². The summed E-state index contributed by atoms with van der Waals surface area (Å²) in [5.41, 5.74) is 0.885. The summed E-state index contributed by atoms with van der Waals surface area (Å²) in [7, 11) is 0. The van der Waals surface area contributed by atoms with Crippen LogP contribution in [0.1, 0.15) is 35.3 Å². The van der Waals surface area contributed by atoms with Gasteiger partial charge in [-0.3, -0.25) is 19.3 Å². The summed E-state index contributed by atoms with van der Waals surface area (Å²) in [4.78, 5) is 50.1. The van der Waals surface area contributed by atoms with Gasteiger partial charge in [0.05, 0.1) is 0 Å². The third-order valence-corrected chi connectivity index (χ3v) is 4.96. The van der Waals surface area contributed by atoms with Gasteiger partial charge in [-0.05, 0) is 24.5 Å². The van der Waals surface area contributed by atoms with E-state index < -0.39 is 36.6 Å². The van der Waals surface area contributed by atoms with Crippen molar-refractivity contribution in [3.05, 3.63) is 71.3 Å². The van der Waals surface area contributed by atoms with Crippen LogP contribution in [0.15, 0.2) is 54.6 Å². The summed E-state index contributed by atoms with van der Waals surface area (Å²) in [6, 6.07) is 15.1. The Kier molecular flexibility index (Phi) is 5.77. The number of benzene rings is 2. The number of hydrogen-bond acceptors (Lipinski definition) is 5. The lowest BCUT2D eigenvalue weighted by atomic mass is 9.92. The number of ether oxygens (including phenoxy) is 1. The molecule has 7 nitrogen and oxygen atoms in total. The molecule has 0 radical (unpaired) electrons. The molecule has 0 spiro atoms. The van der Waals surface area contributed by atoms with E-state index in [1.54, 1.807) is 49.4 Å². The zero-order valence-corrected chi connectivity index (χ0v) is 16.3. The Labute approximate surface area is 168 Å². The molecular formula is C22H22N2O5. The standard InChI is InChI=1S/C22H22N2O5/c1-3-15-9-11-16(12-10-15)18(25)14-29-19(26)13-24-20(27)22(2,23-21(24)28)17-7-5-4-6-8-17/h4-12H,3,13-14H2,1-2H3,(H,23,28)/t22-/m0/s1. The number of amides is 3. The molecule has 1 fully saturated rings. The van der Waals surface area contributed by atoms with Gasteiger partial charge in [0.15, 0.2) is 12.4 Å². The van der Waals surface area contributed by atoms with Crippen LogP contribution in [-0.2, 0) is 26.3 Å². The largest absolute Gasteiger partial charge is 0.456 e. The highest BCUT2D eigenvalue weighted by Crippen LogP contribution is 2.28. The lowest BCUT2D eigenvalue weighted by Gasteiger charge is -2.21. The Hall–Kier alpha value is -3.48. The zero-order valence-electron chi connectivity index (χ0n) is 16.3. The highest BCUT2D eigenvalue weighted by molar-refractivity contribution is 6.09. The predicted molar refractivity (Wildman–Crippen MR) is 105 cm³/mol. The molecule has 1 aliphatic heterocycles. The van der Waals surface area contributed by atoms with E-state index in [0.29, 0.717) is 11.1 Å². The average molecular weight is 394 g/mol. The van der Waals surface area contributed by atoms with Crippen molar-refractivity contribution in [3.8, 4) is 0 Å². The van der Waals surface area contributed by atoms with Gasteiger partial charge in [-0.2, -0.15) is 0 Å². The van der Waals surface area contributed by atoms with Crippen LogP contribution in [0.5, 0.6) is 0 Å². The van der Waals surface area contributed by atoms with Crippen LogP contribution in [0.25, 0.3) is 0 Å². The third-order valence-electron chi connectivity index (χ3n) is 4.96. The summed E-state index contributed by atoms with van der Waals surface area (Å²) in [6.45, 7) is 2.58. The molecular weight excluding hydrogens is 372 g/mol. The van der Waals surface area contributed by atoms with Gasteiger partial charge < -0.3 is 10.1 Å². The van der Waals surface area contributed by atoms with Gasteiger partial charge in [-0.1, -0.05) is 61.5 Å². The lowest BCUT2D eigenvalue weighted by Crippen LogP contribution is -2.41. The first kappa shape index (κ1) is 20.3. The summed E-state index contributed by atoms with van der Waals surface area (Å²) in [5, 5.41) is 2.62. The molecule has 0 bridgehead atoms. The average Bonchev–Trinajstić information content (AvgIpc) is 2.96. The number of ketones is 1. The van der Waals surface area contributed by atoms with Crippen LogP contribution in [-0.4, -0.2) is 41.7 Å². The third kappa shape index (κ3) is 4.18. The monoisotopic (exact) mass is 394 g/mol. The second-order valence-electron chi connectivity index (χ2n) is 6.95. The van der Waals surface area contributed by atoms with Crippen molar-refractivity contribution in [1.29, 1.82) is 0 Å². The highest BCUT2D eigenvalue weighted by atomic mass is 16.5. The first-order valence-corrected chi connectivity index (χ1v) is 9.32. The SMILES string of the molecule is CCc1ccc(C(=O)COC(=O)CN2C(=O)N[C@@](C)(c3ccccc3)C2=O)cc1. The van der Waals surface area contributed by atoms with Crippen LogP contribution in [0, 0.1) is 0 Å². The van der Waals surface area contributed by atoms with Gasteiger partial charge in [-0.15, -0.1) is 0 Å². The molecule has 1 N–H and O–H groups in total. The molecule has 2 aromatic rings. The number of aryl methyl sites for hydroxylation is 1. The summed E-state index contributed by atoms with van der Waals surface area (Å²) in [5.74, 6) is -1.73. The Morgan fingerprint density at radius 1 is 1.03 bits per heavy atom. The van der Waals surface area contributed by atoms with Crippen molar-refractivity contribution < 1.29 is 23.9 Å². The van der Waals surface area contributed by atoms with E-state index >= 15 is 0 Å². The van der Waals surface area contributed by atoms with Gasteiger partial charge in [0, 0.05) is 5.56 Å². The highest BCUT2D eigenvalue weighted by Gasteiger charge is 2.49. The molecule has 0 aliphatic carbocycles. The van der Waals surface area contributed by atoms with Gasteiger partial charge in [0.25, 0.3) is 5.91 Å². The summed E-state index contributed by atoms with van der Waals surface area (Å²) >= 11 is 0. The van der Waals surface area contributed by atoms with Gasteiger partial charge in [-0.25, -0.2) is 4.79 Å². The van der Waals surface area contributed by atoms with E-state index in [1.165, 1.54) is 0 Å². The number of carbonyl (C=O) groups excluding carboxylic acids is 4. The molecule has 2 aromatic carbocycles. The minimum Gasteiger partial charge on any atom is -0.456 e. The number of esters is 1. The number of imide groups is 1. The van der Waals surface area contributed by atoms with Gasteiger partial charge in [0.2, 0.25) is 0 Å². The van der Waals surface area contributed by atoms with Gasteiger partial charge >= 0.3 is 12.0 Å². The predicted octanol–water partition coefficient (Wildman–Crippen LogP) is 2.44. The molecule has 7 heteroatoms. The Balaban J connectivity index is 1.59. The maximum atomic E-state index is 12.8. The lowest BCUT2D eigenvalue weighted by molar-refractivity contribution is -0.146. The van der Waals surface area contributed by atoms with Crippen molar-refractivity contribution in [2.24, 2.45) is 0 Å². The van der Waals surface area contributed by atoms with Crippen LogP contribution in [0.2, 0.25) is 0 Å². The molecule has 1 saturated heterocycles. The molecule has 1 aliphatic rings. The van der Waals surface area contributed by atoms with Crippen LogP contribution in [0.3, 0.4) is 0 Å². The normalized spacial score (nSPS) is 18.5. The Bertz CT molecular complexity index is 939. The number of nitrogens with zero attached hydrogens (tertiary/aromatic N) is 1. The van der Waals surface area contributed by atoms with E-state index in [0.717, 1.165) is 16.9 Å². The van der Waals surface area contributed by atoms with Crippen molar-refractivity contribution in [2.75, 3.05) is 13.2 Å². The molecule has 0 saturated carbocycles. The molecule has 150 valence electrons. The number of hydrogen-bond donors (Lipinski definition) is 1. The number of urea groups is 1. The maximum Gasteiger partial charge on any atom is 0.326 e. The van der Waals surface area contributed by atoms with Crippen LogP contribution in [0.4, 0.5) is 4.79 Å². The minimum atomic E-state index is -1.25. The molecule has 29 heavy (non-hydrogen) atoms. The quantitative estimate of drug-likeness (QED) is 0.442. The second-order valence-corrected chi connectivity index (χ2v) is 6.95. The van der Waals surface area contributed by atoms with E-state index in [1.807, 2.05) is 19.1 Å². The van der Waals surface area contributed by atoms with E-state index in [4.69, 9.17) is 4.74 Å². The molecule has 1 heterocycles. The first-order chi connectivity index (χ1) is 13.8. The zero-order chi connectivity index (χ0) is 21.0. The Morgan fingerprint density at radius 2 is 1.69 bits per heavy atom. The van der Waals surface area contributed by atoms with Crippen LogP contribution < -0.4 is 5.32 Å². The first-order valence-electron chi connectivity index (χ1n) is 9.32. The smallest absolute Gasteiger partial charge is 0.326 e. The molecule has 3 amide bonds. The number of carbonyl (C=O) groups is 4. The number of rotatable bonds is 7. The topological polar surface area (TPSA) is 92.8 Å². The second kappa shape index (κ2) is 8.26. The van der Waals surface area contributed by atoms with E-state index in [-0.39, 0.29) is 5.78 Å². The van der Waals surface area contributed by atoms with E-state index in [9.17, 15) is 19.2 Å². The summed E-state index contributed by atoms with van der Waals surface area (Å²) < 4.78 is 4.98. The Morgan fingerprint density at radius 3 is 2.31 bits per heavy atom. The summed E-state index contributed by atoms with van der Waals surface area (Å²) in [6.07, 6.45) is 0.858. The minimum absolute atomic E-state index is 0.354. The fourth-order valence-corrected chi connectivity index (χ4v) is 3.14. The molecule has 0 unspecified atom stereocenters.